The van der Waals surface area contributed by atoms with Crippen LogP contribution in [-0.4, -0.2) is 60.7 Å². The van der Waals surface area contributed by atoms with E-state index in [1.54, 1.807) is 23.5 Å². The molecule has 0 saturated heterocycles. The molecule has 32 heavy (non-hydrogen) atoms. The predicted molar refractivity (Wildman–Crippen MR) is 137 cm³/mol. The fourth-order valence-electron chi connectivity index (χ4n) is 3.20. The monoisotopic (exact) mass is 471 g/mol. The van der Waals surface area contributed by atoms with E-state index < -0.39 is 5.54 Å². The second-order valence-electron chi connectivity index (χ2n) is 8.03. The second-order valence-corrected chi connectivity index (χ2v) is 10.3. The average molecular weight is 472 g/mol. The molecule has 0 heterocycles. The number of rotatable bonds is 13. The van der Waals surface area contributed by atoms with Crippen molar-refractivity contribution in [1.29, 1.82) is 0 Å². The van der Waals surface area contributed by atoms with Crippen molar-refractivity contribution in [2.45, 2.75) is 30.2 Å². The SMILES string of the molecule is C=C(CSCCCSc1ccc(C(=O)C(C)(Cc2ccccc2)N(C)C)cc1)C(=O)OC. The maximum atomic E-state index is 13.4. The van der Waals surface area contributed by atoms with Gasteiger partial charge in [0.2, 0.25) is 0 Å². The van der Waals surface area contributed by atoms with Crippen molar-refractivity contribution in [2.24, 2.45) is 0 Å². The van der Waals surface area contributed by atoms with Gasteiger partial charge in [0.25, 0.3) is 0 Å². The summed E-state index contributed by atoms with van der Waals surface area (Å²) < 4.78 is 4.66. The molecule has 0 aliphatic heterocycles. The van der Waals surface area contributed by atoms with Crippen molar-refractivity contribution >= 4 is 35.3 Å². The Morgan fingerprint density at radius 1 is 1.03 bits per heavy atom. The molecule has 0 spiro atoms. The van der Waals surface area contributed by atoms with Gasteiger partial charge >= 0.3 is 5.97 Å². The van der Waals surface area contributed by atoms with Crippen LogP contribution in [-0.2, 0) is 16.0 Å². The first-order valence-electron chi connectivity index (χ1n) is 10.6. The van der Waals surface area contributed by atoms with Gasteiger partial charge in [-0.2, -0.15) is 11.8 Å². The highest BCUT2D eigenvalue weighted by Crippen LogP contribution is 2.26. The number of thioether (sulfide) groups is 2. The van der Waals surface area contributed by atoms with Crippen molar-refractivity contribution in [3.63, 3.8) is 0 Å². The lowest BCUT2D eigenvalue weighted by molar-refractivity contribution is -0.135. The van der Waals surface area contributed by atoms with Gasteiger partial charge in [0.05, 0.1) is 12.6 Å². The fourth-order valence-corrected chi connectivity index (χ4v) is 5.09. The van der Waals surface area contributed by atoms with Crippen molar-refractivity contribution in [3.8, 4) is 0 Å². The lowest BCUT2D eigenvalue weighted by Crippen LogP contribution is -2.50. The first-order valence-corrected chi connectivity index (χ1v) is 12.7. The summed E-state index contributed by atoms with van der Waals surface area (Å²) in [7, 11) is 5.30. The molecule has 0 fully saturated rings. The summed E-state index contributed by atoms with van der Waals surface area (Å²) in [6.45, 7) is 5.74. The van der Waals surface area contributed by atoms with E-state index >= 15 is 0 Å². The zero-order chi connectivity index (χ0) is 23.6. The molecule has 2 rings (SSSR count). The minimum absolute atomic E-state index is 0.130. The van der Waals surface area contributed by atoms with E-state index in [1.807, 2.05) is 68.4 Å². The average Bonchev–Trinajstić information content (AvgIpc) is 2.80. The summed E-state index contributed by atoms with van der Waals surface area (Å²) in [5, 5.41) is 0. The zero-order valence-electron chi connectivity index (χ0n) is 19.4. The first-order chi connectivity index (χ1) is 15.3. The van der Waals surface area contributed by atoms with Gasteiger partial charge in [-0.15, -0.1) is 11.8 Å². The van der Waals surface area contributed by atoms with Crippen LogP contribution in [0.1, 0.15) is 29.3 Å². The van der Waals surface area contributed by atoms with Gasteiger partial charge in [0.15, 0.2) is 5.78 Å². The topological polar surface area (TPSA) is 46.6 Å². The van der Waals surface area contributed by atoms with E-state index in [9.17, 15) is 9.59 Å². The molecule has 0 N–H and O–H groups in total. The molecular weight excluding hydrogens is 438 g/mol. The van der Waals surface area contributed by atoms with E-state index in [1.165, 1.54) is 7.11 Å². The standard InChI is InChI=1S/C26H33NO3S2/c1-20(25(29)30-5)19-31-16-9-17-32-23-14-12-22(13-15-23)24(28)26(2,27(3)4)18-21-10-7-6-8-11-21/h6-8,10-15H,1,9,16-19H2,2-5H3. The number of hydrogen-bond donors (Lipinski definition) is 0. The number of carbonyl (C=O) groups excluding carboxylic acids is 2. The molecule has 0 aliphatic rings. The predicted octanol–water partition coefficient (Wildman–Crippen LogP) is 5.38. The molecule has 0 amide bonds. The number of ether oxygens (including phenoxy) is 1. The Morgan fingerprint density at radius 2 is 1.69 bits per heavy atom. The van der Waals surface area contributed by atoms with Crippen molar-refractivity contribution < 1.29 is 14.3 Å². The summed E-state index contributed by atoms with van der Waals surface area (Å²) in [6, 6.07) is 18.1. The molecule has 2 aromatic carbocycles. The Hall–Kier alpha value is -2.02. The van der Waals surface area contributed by atoms with Crippen LogP contribution >= 0.6 is 23.5 Å². The van der Waals surface area contributed by atoms with Gasteiger partial charge in [-0.05, 0) is 63.1 Å². The minimum Gasteiger partial charge on any atom is -0.466 e. The molecule has 2 aromatic rings. The summed E-state index contributed by atoms with van der Waals surface area (Å²) in [5.41, 5.74) is 1.78. The van der Waals surface area contributed by atoms with E-state index in [2.05, 4.69) is 23.4 Å². The lowest BCUT2D eigenvalue weighted by Gasteiger charge is -2.35. The summed E-state index contributed by atoms with van der Waals surface area (Å²) in [5.74, 6) is 2.33. The smallest absolute Gasteiger partial charge is 0.333 e. The number of esters is 1. The van der Waals surface area contributed by atoms with Gasteiger partial charge < -0.3 is 4.74 Å². The van der Waals surface area contributed by atoms with Crippen molar-refractivity contribution in [3.05, 3.63) is 77.9 Å². The summed E-state index contributed by atoms with van der Waals surface area (Å²) >= 11 is 3.47. The largest absolute Gasteiger partial charge is 0.466 e. The zero-order valence-corrected chi connectivity index (χ0v) is 21.1. The molecular formula is C26H33NO3S2. The van der Waals surface area contributed by atoms with Crippen molar-refractivity contribution in [2.75, 3.05) is 38.5 Å². The van der Waals surface area contributed by atoms with Gasteiger partial charge in [-0.25, -0.2) is 4.79 Å². The fraction of sp³-hybridized carbons (Fsp3) is 0.385. The molecule has 1 atom stereocenters. The summed E-state index contributed by atoms with van der Waals surface area (Å²) in [6.07, 6.45) is 1.69. The number of methoxy groups -OCH3 is 1. The molecule has 0 aromatic heterocycles. The number of hydrogen-bond acceptors (Lipinski definition) is 6. The number of likely N-dealkylation sites (N-methyl/N-ethyl adjacent to an activating group) is 1. The molecule has 0 aliphatic carbocycles. The molecule has 0 saturated carbocycles. The highest BCUT2D eigenvalue weighted by molar-refractivity contribution is 8.00. The Bertz CT molecular complexity index is 897. The van der Waals surface area contributed by atoms with Gasteiger partial charge in [0.1, 0.15) is 0 Å². The van der Waals surface area contributed by atoms with Gasteiger partial charge in [-0.1, -0.05) is 49.0 Å². The normalized spacial score (nSPS) is 12.9. The number of Topliss-reactive ketones (excluding diaryl/α,β-unsaturated/α-hetero) is 1. The summed E-state index contributed by atoms with van der Waals surface area (Å²) in [4.78, 5) is 27.9. The maximum Gasteiger partial charge on any atom is 0.333 e. The highest BCUT2D eigenvalue weighted by Gasteiger charge is 2.36. The maximum absolute atomic E-state index is 13.4. The van der Waals surface area contributed by atoms with E-state index in [0.717, 1.165) is 33.9 Å². The molecule has 0 radical (unpaired) electrons. The second kappa shape index (κ2) is 12.9. The third-order valence-corrected chi connectivity index (χ3v) is 7.66. The lowest BCUT2D eigenvalue weighted by atomic mass is 9.84. The van der Waals surface area contributed by atoms with Crippen LogP contribution in [0, 0.1) is 0 Å². The first kappa shape index (κ1) is 26.2. The van der Waals surface area contributed by atoms with Gasteiger partial charge in [-0.3, -0.25) is 9.69 Å². The third kappa shape index (κ3) is 7.54. The van der Waals surface area contributed by atoms with Crippen molar-refractivity contribution in [1.82, 2.24) is 4.90 Å². The molecule has 0 bridgehead atoms. The molecule has 1 unspecified atom stereocenters. The Morgan fingerprint density at radius 3 is 2.28 bits per heavy atom. The van der Waals surface area contributed by atoms with Gasteiger partial charge in [0, 0.05) is 21.8 Å². The Balaban J connectivity index is 1.87. The molecule has 6 heteroatoms. The number of carbonyl (C=O) groups is 2. The van der Waals surface area contributed by atoms with Crippen LogP contribution in [0.3, 0.4) is 0 Å². The van der Waals surface area contributed by atoms with Crippen LogP contribution in [0.2, 0.25) is 0 Å². The van der Waals surface area contributed by atoms with E-state index in [-0.39, 0.29) is 11.8 Å². The van der Waals surface area contributed by atoms with E-state index in [0.29, 0.717) is 17.7 Å². The molecule has 4 nitrogen and oxygen atoms in total. The minimum atomic E-state index is -0.610. The Labute approximate surface area is 200 Å². The van der Waals surface area contributed by atoms with Crippen LogP contribution in [0.5, 0.6) is 0 Å². The van der Waals surface area contributed by atoms with Crippen LogP contribution in [0.4, 0.5) is 0 Å². The number of nitrogens with zero attached hydrogens (tertiary/aromatic N) is 1. The Kier molecular flexibility index (Phi) is 10.6. The highest BCUT2D eigenvalue weighted by atomic mass is 32.2. The number of ketones is 1. The van der Waals surface area contributed by atoms with Crippen LogP contribution in [0.25, 0.3) is 0 Å². The van der Waals surface area contributed by atoms with Crippen LogP contribution < -0.4 is 0 Å². The quantitative estimate of drug-likeness (QED) is 0.129. The third-order valence-electron chi connectivity index (χ3n) is 5.44. The number of benzene rings is 2. The van der Waals surface area contributed by atoms with Crippen LogP contribution in [0.15, 0.2) is 71.6 Å². The van der Waals surface area contributed by atoms with E-state index in [4.69, 9.17) is 0 Å². The molecule has 172 valence electrons.